The molecular formula is C9H7ClN2O. The molecule has 1 rings (SSSR count). The van der Waals surface area contributed by atoms with Crippen molar-refractivity contribution in [2.45, 2.75) is 6.92 Å². The molecule has 1 amide bonds. The maximum absolute atomic E-state index is 11.2. The first-order valence-corrected chi connectivity index (χ1v) is 3.98. The molecule has 0 saturated heterocycles. The zero-order chi connectivity index (χ0) is 9.84. The lowest BCUT2D eigenvalue weighted by Crippen LogP contribution is -2.18. The molecule has 0 fully saturated rings. The zero-order valence-electron chi connectivity index (χ0n) is 6.97. The van der Waals surface area contributed by atoms with Crippen LogP contribution in [0.4, 0.5) is 0 Å². The molecule has 0 aliphatic heterocycles. The monoisotopic (exact) mass is 194 g/mol. The van der Waals surface area contributed by atoms with Crippen molar-refractivity contribution in [3.05, 3.63) is 34.3 Å². The third-order valence-corrected chi connectivity index (χ3v) is 1.84. The number of hydrogen-bond acceptors (Lipinski definition) is 2. The maximum Gasteiger partial charge on any atom is 0.264 e. The second kappa shape index (κ2) is 3.92. The van der Waals surface area contributed by atoms with Gasteiger partial charge in [-0.05, 0) is 30.7 Å². The Kier molecular flexibility index (Phi) is 2.88. The zero-order valence-corrected chi connectivity index (χ0v) is 7.72. The fourth-order valence-corrected chi connectivity index (χ4v) is 1.23. The summed E-state index contributed by atoms with van der Waals surface area (Å²) in [6.07, 6.45) is 1.58. The third-order valence-electron chi connectivity index (χ3n) is 1.60. The SMILES string of the molecule is Cc1cc(Cl)ccc1C(=O)NC#N. The highest BCUT2D eigenvalue weighted by molar-refractivity contribution is 6.30. The number of carbonyl (C=O) groups is 1. The van der Waals surface area contributed by atoms with Gasteiger partial charge in [0.2, 0.25) is 0 Å². The molecule has 0 bridgehead atoms. The molecule has 0 heterocycles. The van der Waals surface area contributed by atoms with E-state index in [0.29, 0.717) is 10.6 Å². The van der Waals surface area contributed by atoms with Crippen LogP contribution in [0.2, 0.25) is 5.02 Å². The largest absolute Gasteiger partial charge is 0.268 e. The van der Waals surface area contributed by atoms with Crippen LogP contribution in [0.5, 0.6) is 0 Å². The molecule has 3 nitrogen and oxygen atoms in total. The summed E-state index contributed by atoms with van der Waals surface area (Å²) in [5, 5.41) is 10.9. The Morgan fingerprint density at radius 1 is 1.62 bits per heavy atom. The molecule has 0 spiro atoms. The van der Waals surface area contributed by atoms with Gasteiger partial charge in [0.15, 0.2) is 6.19 Å². The summed E-state index contributed by atoms with van der Waals surface area (Å²) >= 11 is 5.70. The Labute approximate surface area is 80.9 Å². The van der Waals surface area contributed by atoms with E-state index in [0.717, 1.165) is 5.56 Å². The van der Waals surface area contributed by atoms with E-state index in [-0.39, 0.29) is 0 Å². The minimum Gasteiger partial charge on any atom is -0.268 e. The van der Waals surface area contributed by atoms with Crippen molar-refractivity contribution in [1.29, 1.82) is 5.26 Å². The predicted molar refractivity (Wildman–Crippen MR) is 49.3 cm³/mol. The van der Waals surface area contributed by atoms with Crippen LogP contribution in [-0.2, 0) is 0 Å². The smallest absolute Gasteiger partial charge is 0.264 e. The van der Waals surface area contributed by atoms with Crippen LogP contribution in [0.3, 0.4) is 0 Å². The van der Waals surface area contributed by atoms with Gasteiger partial charge in [0.25, 0.3) is 5.91 Å². The Balaban J connectivity index is 3.03. The normalized spacial score (nSPS) is 9.00. The number of rotatable bonds is 1. The standard InChI is InChI=1S/C9H7ClN2O/c1-6-4-7(10)2-3-8(6)9(13)12-5-11/h2-4H,1H3,(H,12,13). The molecule has 1 aromatic rings. The predicted octanol–water partition coefficient (Wildman–Crippen LogP) is 1.86. The Morgan fingerprint density at radius 2 is 2.31 bits per heavy atom. The lowest BCUT2D eigenvalue weighted by atomic mass is 10.1. The fourth-order valence-electron chi connectivity index (χ4n) is 1.000. The van der Waals surface area contributed by atoms with Crippen molar-refractivity contribution >= 4 is 17.5 Å². The van der Waals surface area contributed by atoms with Gasteiger partial charge in [-0.2, -0.15) is 5.26 Å². The Hall–Kier alpha value is -1.53. The van der Waals surface area contributed by atoms with Crippen LogP contribution in [0.15, 0.2) is 18.2 Å². The van der Waals surface area contributed by atoms with Crippen molar-refractivity contribution in [3.8, 4) is 6.19 Å². The molecule has 4 heteroatoms. The summed E-state index contributed by atoms with van der Waals surface area (Å²) in [7, 11) is 0. The van der Waals surface area contributed by atoms with E-state index in [1.54, 1.807) is 31.3 Å². The van der Waals surface area contributed by atoms with E-state index in [4.69, 9.17) is 16.9 Å². The summed E-state index contributed by atoms with van der Waals surface area (Å²) in [4.78, 5) is 11.2. The average Bonchev–Trinajstić information content (AvgIpc) is 2.04. The number of amides is 1. The molecule has 0 radical (unpaired) electrons. The number of halogens is 1. The number of aryl methyl sites for hydroxylation is 1. The van der Waals surface area contributed by atoms with Gasteiger partial charge in [0.05, 0.1) is 0 Å². The molecule has 13 heavy (non-hydrogen) atoms. The first-order chi connectivity index (χ1) is 6.15. The van der Waals surface area contributed by atoms with Gasteiger partial charge in [-0.15, -0.1) is 0 Å². The second-order valence-corrected chi connectivity index (χ2v) is 2.96. The van der Waals surface area contributed by atoms with E-state index < -0.39 is 5.91 Å². The van der Waals surface area contributed by atoms with E-state index in [1.165, 1.54) is 0 Å². The number of nitrogens with zero attached hydrogens (tertiary/aromatic N) is 1. The third kappa shape index (κ3) is 2.20. The Bertz CT molecular complexity index is 382. The van der Waals surface area contributed by atoms with Crippen LogP contribution in [0.25, 0.3) is 0 Å². The first-order valence-electron chi connectivity index (χ1n) is 3.60. The molecule has 0 aromatic heterocycles. The maximum atomic E-state index is 11.2. The van der Waals surface area contributed by atoms with Crippen LogP contribution in [-0.4, -0.2) is 5.91 Å². The minimum absolute atomic E-state index is 0.406. The summed E-state index contributed by atoms with van der Waals surface area (Å²) in [5.41, 5.74) is 1.21. The number of hydrogen-bond donors (Lipinski definition) is 1. The van der Waals surface area contributed by atoms with Gasteiger partial charge < -0.3 is 0 Å². The molecule has 0 atom stereocenters. The Morgan fingerprint density at radius 3 is 2.85 bits per heavy atom. The topological polar surface area (TPSA) is 52.9 Å². The molecule has 0 aliphatic carbocycles. The number of benzene rings is 1. The van der Waals surface area contributed by atoms with Crippen LogP contribution >= 0.6 is 11.6 Å². The summed E-state index contributed by atoms with van der Waals surface area (Å²) < 4.78 is 0. The lowest BCUT2D eigenvalue weighted by molar-refractivity contribution is 0.0972. The number of nitriles is 1. The van der Waals surface area contributed by atoms with Gasteiger partial charge in [0, 0.05) is 10.6 Å². The molecular weight excluding hydrogens is 188 g/mol. The van der Waals surface area contributed by atoms with Gasteiger partial charge in [-0.25, -0.2) is 0 Å². The van der Waals surface area contributed by atoms with Crippen molar-refractivity contribution in [2.75, 3.05) is 0 Å². The number of nitrogens with one attached hydrogen (secondary N) is 1. The van der Waals surface area contributed by atoms with Gasteiger partial charge in [-0.3, -0.25) is 10.1 Å². The average molecular weight is 195 g/mol. The summed E-state index contributed by atoms with van der Waals surface area (Å²) in [5.74, 6) is -0.406. The molecule has 0 saturated carbocycles. The first kappa shape index (κ1) is 9.56. The van der Waals surface area contributed by atoms with E-state index in [2.05, 4.69) is 0 Å². The minimum atomic E-state index is -0.406. The molecule has 66 valence electrons. The van der Waals surface area contributed by atoms with E-state index >= 15 is 0 Å². The van der Waals surface area contributed by atoms with Crippen molar-refractivity contribution in [2.24, 2.45) is 0 Å². The van der Waals surface area contributed by atoms with Crippen molar-refractivity contribution in [3.63, 3.8) is 0 Å². The van der Waals surface area contributed by atoms with Crippen molar-refractivity contribution < 1.29 is 4.79 Å². The van der Waals surface area contributed by atoms with E-state index in [9.17, 15) is 4.79 Å². The van der Waals surface area contributed by atoms with Gasteiger partial charge >= 0.3 is 0 Å². The summed E-state index contributed by atoms with van der Waals surface area (Å²) in [6.45, 7) is 1.76. The van der Waals surface area contributed by atoms with Crippen molar-refractivity contribution in [1.82, 2.24) is 5.32 Å². The molecule has 0 unspecified atom stereocenters. The number of carbonyl (C=O) groups excluding carboxylic acids is 1. The highest BCUT2D eigenvalue weighted by atomic mass is 35.5. The van der Waals surface area contributed by atoms with E-state index in [1.807, 2.05) is 5.32 Å². The van der Waals surface area contributed by atoms with Crippen LogP contribution in [0, 0.1) is 18.4 Å². The summed E-state index contributed by atoms with van der Waals surface area (Å²) in [6, 6.07) is 4.87. The molecule has 1 N–H and O–H groups in total. The van der Waals surface area contributed by atoms with Crippen LogP contribution < -0.4 is 5.32 Å². The van der Waals surface area contributed by atoms with Crippen LogP contribution in [0.1, 0.15) is 15.9 Å². The molecule has 1 aromatic carbocycles. The lowest BCUT2D eigenvalue weighted by Gasteiger charge is -2.02. The van der Waals surface area contributed by atoms with Gasteiger partial charge in [-0.1, -0.05) is 11.6 Å². The molecule has 0 aliphatic rings. The second-order valence-electron chi connectivity index (χ2n) is 2.53. The highest BCUT2D eigenvalue weighted by Crippen LogP contribution is 2.14. The highest BCUT2D eigenvalue weighted by Gasteiger charge is 2.07. The van der Waals surface area contributed by atoms with Gasteiger partial charge in [0.1, 0.15) is 0 Å². The fraction of sp³-hybridized carbons (Fsp3) is 0.111. The quantitative estimate of drug-likeness (QED) is 0.548.